The molecule has 37 heavy (non-hydrogen) atoms. The van der Waals surface area contributed by atoms with Crippen molar-refractivity contribution < 1.29 is 23.1 Å². The summed E-state index contributed by atoms with van der Waals surface area (Å²) in [5.41, 5.74) is 0.988. The van der Waals surface area contributed by atoms with Crippen molar-refractivity contribution in [3.8, 4) is 0 Å². The predicted molar refractivity (Wildman–Crippen MR) is 148 cm³/mol. The second-order valence-electron chi connectivity index (χ2n) is 10.4. The Morgan fingerprint density at radius 1 is 1.16 bits per heavy atom. The van der Waals surface area contributed by atoms with E-state index in [2.05, 4.69) is 37.9 Å². The molecule has 0 bridgehead atoms. The number of nitrogens with zero attached hydrogens (tertiary/aromatic N) is 3. The lowest BCUT2D eigenvalue weighted by molar-refractivity contribution is 0.0529. The van der Waals surface area contributed by atoms with E-state index in [1.807, 2.05) is 19.1 Å². The van der Waals surface area contributed by atoms with Crippen LogP contribution in [0.4, 0.5) is 17.3 Å². The van der Waals surface area contributed by atoms with Gasteiger partial charge in [-0.15, -0.1) is 0 Å². The third-order valence-corrected chi connectivity index (χ3v) is 11.5. The topological polar surface area (TPSA) is 124 Å². The summed E-state index contributed by atoms with van der Waals surface area (Å²) in [4.78, 5) is 22.4. The number of aliphatic hydroxyl groups is 1. The van der Waals surface area contributed by atoms with Crippen LogP contribution >= 0.6 is 0 Å². The molecular weight excluding hydrogens is 510 g/mol. The molecule has 2 saturated heterocycles. The van der Waals surface area contributed by atoms with Gasteiger partial charge in [-0.2, -0.15) is 0 Å². The lowest BCUT2D eigenvalue weighted by atomic mass is 10.1. The molecule has 0 saturated carbocycles. The summed E-state index contributed by atoms with van der Waals surface area (Å²) in [5, 5.41) is 12.0. The van der Waals surface area contributed by atoms with E-state index in [0.29, 0.717) is 23.7 Å². The highest BCUT2D eigenvalue weighted by Gasteiger charge is 2.30. The minimum absolute atomic E-state index is 0.0659. The van der Waals surface area contributed by atoms with Gasteiger partial charge in [0.05, 0.1) is 43.5 Å². The van der Waals surface area contributed by atoms with Gasteiger partial charge in [0, 0.05) is 32.7 Å². The summed E-state index contributed by atoms with van der Waals surface area (Å²) < 4.78 is 33.5. The molecule has 1 unspecified atom stereocenters. The summed E-state index contributed by atoms with van der Waals surface area (Å²) in [7, 11) is -5.11. The van der Waals surface area contributed by atoms with Gasteiger partial charge in [0.25, 0.3) is 5.91 Å². The first-order valence-electron chi connectivity index (χ1n) is 12.7. The van der Waals surface area contributed by atoms with Gasteiger partial charge in [-0.25, -0.2) is 18.1 Å². The molecule has 0 spiro atoms. The molecule has 2 aliphatic rings. The van der Waals surface area contributed by atoms with Crippen LogP contribution in [-0.4, -0.2) is 84.5 Å². The van der Waals surface area contributed by atoms with Crippen molar-refractivity contribution in [2.75, 3.05) is 61.1 Å². The predicted octanol–water partition coefficient (Wildman–Crippen LogP) is 2.36. The smallest absolute Gasteiger partial charge is 0.258 e. The van der Waals surface area contributed by atoms with E-state index in [9.17, 15) is 13.2 Å². The number of amides is 1. The van der Waals surface area contributed by atoms with Gasteiger partial charge in [-0.3, -0.25) is 4.79 Å². The Balaban J connectivity index is 1.61. The van der Waals surface area contributed by atoms with Crippen molar-refractivity contribution in [1.82, 2.24) is 9.71 Å². The molecule has 2 fully saturated rings. The van der Waals surface area contributed by atoms with Crippen LogP contribution in [0, 0.1) is 0 Å². The monoisotopic (exact) mass is 547 g/mol. The number of hydrogen-bond donors (Lipinski definition) is 3. The molecule has 1 atom stereocenters. The molecule has 202 valence electrons. The highest BCUT2D eigenvalue weighted by Crippen LogP contribution is 2.31. The fourth-order valence-corrected chi connectivity index (χ4v) is 7.67. The third kappa shape index (κ3) is 6.88. The van der Waals surface area contributed by atoms with Gasteiger partial charge < -0.3 is 25.0 Å². The first-order valence-corrected chi connectivity index (χ1v) is 17.6. The zero-order valence-corrected chi connectivity index (χ0v) is 23.6. The molecule has 4 rings (SSSR count). The van der Waals surface area contributed by atoms with E-state index >= 15 is 0 Å². The second kappa shape index (κ2) is 11.5. The standard InChI is InChI=1S/C25H37N5O5SSi/c1-19-18-30(10-14-35-19)24-6-4-5-23(27-24)28-25(32)21-8-7-20(36(33,34)26-9-13-31)17-22(21)29-11-15-37(2,3)16-12-29/h4-8,17,19,26,31H,9-16,18H2,1-3H3,(H,27,28,32). The van der Waals surface area contributed by atoms with Crippen LogP contribution in [0.5, 0.6) is 0 Å². The minimum atomic E-state index is -3.82. The molecule has 10 nitrogen and oxygen atoms in total. The van der Waals surface area contributed by atoms with Crippen LogP contribution in [0.1, 0.15) is 17.3 Å². The largest absolute Gasteiger partial charge is 0.395 e. The van der Waals surface area contributed by atoms with E-state index in [1.54, 1.807) is 18.2 Å². The van der Waals surface area contributed by atoms with Crippen LogP contribution in [0.15, 0.2) is 41.3 Å². The van der Waals surface area contributed by atoms with Gasteiger partial charge in [-0.05, 0) is 49.3 Å². The maximum Gasteiger partial charge on any atom is 0.258 e. The van der Waals surface area contributed by atoms with Gasteiger partial charge in [0.1, 0.15) is 11.6 Å². The molecule has 0 radical (unpaired) electrons. The Morgan fingerprint density at radius 3 is 2.62 bits per heavy atom. The number of aliphatic hydroxyl groups excluding tert-OH is 1. The summed E-state index contributed by atoms with van der Waals surface area (Å²) in [5.74, 6) is 0.859. The van der Waals surface area contributed by atoms with Gasteiger partial charge in [0.15, 0.2) is 0 Å². The van der Waals surface area contributed by atoms with Crippen molar-refractivity contribution >= 4 is 41.3 Å². The molecule has 1 aromatic carbocycles. The number of benzene rings is 1. The molecule has 1 aromatic heterocycles. The van der Waals surface area contributed by atoms with Crippen LogP contribution in [0.2, 0.25) is 25.2 Å². The van der Waals surface area contributed by atoms with Crippen LogP contribution in [0.3, 0.4) is 0 Å². The molecular formula is C25H37N5O5SSi. The Kier molecular flexibility index (Phi) is 8.54. The SMILES string of the molecule is CC1CN(c2cccc(NC(=O)c3ccc(S(=O)(=O)NCCO)cc3N3CC[Si](C)(C)CC3)n2)CCO1. The molecule has 3 N–H and O–H groups in total. The summed E-state index contributed by atoms with van der Waals surface area (Å²) in [6.45, 7) is 9.98. The second-order valence-corrected chi connectivity index (χ2v) is 17.5. The molecule has 0 aliphatic carbocycles. The first kappa shape index (κ1) is 27.5. The zero-order valence-electron chi connectivity index (χ0n) is 21.7. The Labute approximate surface area is 220 Å². The average molecular weight is 548 g/mol. The number of rotatable bonds is 8. The minimum Gasteiger partial charge on any atom is -0.395 e. The number of ether oxygens (including phenoxy) is 1. The molecule has 3 heterocycles. The normalized spacial score (nSPS) is 20.1. The van der Waals surface area contributed by atoms with E-state index < -0.39 is 18.1 Å². The number of nitrogens with one attached hydrogen (secondary N) is 2. The zero-order chi connectivity index (χ0) is 26.6. The van der Waals surface area contributed by atoms with E-state index in [0.717, 1.165) is 44.1 Å². The highest BCUT2D eigenvalue weighted by molar-refractivity contribution is 7.89. The molecule has 2 aromatic rings. The van der Waals surface area contributed by atoms with Gasteiger partial charge >= 0.3 is 0 Å². The Hall–Kier alpha value is -2.51. The third-order valence-electron chi connectivity index (χ3n) is 6.93. The quantitative estimate of drug-likeness (QED) is 0.431. The summed E-state index contributed by atoms with van der Waals surface area (Å²) in [6, 6.07) is 12.2. The molecule has 12 heteroatoms. The number of carbonyl (C=O) groups excluding carboxylic acids is 1. The molecule has 1 amide bonds. The van der Waals surface area contributed by atoms with Crippen LogP contribution in [0.25, 0.3) is 0 Å². The summed E-state index contributed by atoms with van der Waals surface area (Å²) >= 11 is 0. The fourth-order valence-electron chi connectivity index (χ4n) is 4.63. The van der Waals surface area contributed by atoms with Gasteiger partial charge in [-0.1, -0.05) is 19.2 Å². The van der Waals surface area contributed by atoms with Crippen molar-refractivity contribution in [3.63, 3.8) is 0 Å². The molecule has 2 aliphatic heterocycles. The fraction of sp³-hybridized carbons (Fsp3) is 0.520. The lowest BCUT2D eigenvalue weighted by Crippen LogP contribution is -2.43. The van der Waals surface area contributed by atoms with Gasteiger partial charge in [0.2, 0.25) is 10.0 Å². The average Bonchev–Trinajstić information content (AvgIpc) is 2.87. The maximum atomic E-state index is 13.5. The Morgan fingerprint density at radius 2 is 1.92 bits per heavy atom. The van der Waals surface area contributed by atoms with Crippen molar-refractivity contribution in [1.29, 1.82) is 0 Å². The number of aromatic nitrogens is 1. The summed E-state index contributed by atoms with van der Waals surface area (Å²) in [6.07, 6.45) is 0.107. The number of sulfonamides is 1. The van der Waals surface area contributed by atoms with E-state index in [-0.39, 0.29) is 30.1 Å². The lowest BCUT2D eigenvalue weighted by Gasteiger charge is -2.38. The number of morpholine rings is 1. The Bertz CT molecular complexity index is 1220. The number of hydrogen-bond acceptors (Lipinski definition) is 8. The number of carbonyl (C=O) groups is 1. The number of pyridine rings is 1. The van der Waals surface area contributed by atoms with Crippen molar-refractivity contribution in [2.45, 2.75) is 43.1 Å². The van der Waals surface area contributed by atoms with E-state index in [4.69, 9.17) is 9.84 Å². The maximum absolute atomic E-state index is 13.5. The first-order chi connectivity index (χ1) is 17.6. The van der Waals surface area contributed by atoms with Crippen LogP contribution < -0.4 is 19.8 Å². The van der Waals surface area contributed by atoms with Crippen molar-refractivity contribution in [2.24, 2.45) is 0 Å². The van der Waals surface area contributed by atoms with Crippen molar-refractivity contribution in [3.05, 3.63) is 42.0 Å². The van der Waals surface area contributed by atoms with E-state index in [1.165, 1.54) is 6.07 Å². The van der Waals surface area contributed by atoms with Crippen LogP contribution in [-0.2, 0) is 14.8 Å². The highest BCUT2D eigenvalue weighted by atomic mass is 32.2. The number of anilines is 3.